The molecule has 186 valence electrons. The van der Waals surface area contributed by atoms with Crippen molar-refractivity contribution in [3.8, 4) is 5.75 Å². The minimum absolute atomic E-state index is 0.153. The Kier molecular flexibility index (Phi) is 7.85. The van der Waals surface area contributed by atoms with Crippen LogP contribution in [0.25, 0.3) is 11.0 Å². The smallest absolute Gasteiger partial charge is 0.222 e. The maximum Gasteiger partial charge on any atom is 0.222 e. The third-order valence-electron chi connectivity index (χ3n) is 6.65. The van der Waals surface area contributed by atoms with E-state index in [1.165, 1.54) is 0 Å². The molecular formula is C26H34N6O3. The molecule has 9 heteroatoms. The van der Waals surface area contributed by atoms with Crippen molar-refractivity contribution in [2.45, 2.75) is 51.2 Å². The van der Waals surface area contributed by atoms with Gasteiger partial charge in [0.05, 0.1) is 31.4 Å². The molecule has 35 heavy (non-hydrogen) atoms. The van der Waals surface area contributed by atoms with Gasteiger partial charge >= 0.3 is 0 Å². The Balaban J connectivity index is 1.18. The number of anilines is 2. The van der Waals surface area contributed by atoms with E-state index in [1.807, 2.05) is 19.3 Å². The van der Waals surface area contributed by atoms with E-state index in [1.54, 1.807) is 12.4 Å². The van der Waals surface area contributed by atoms with E-state index in [0.29, 0.717) is 18.6 Å². The third-order valence-corrected chi connectivity index (χ3v) is 6.65. The zero-order valence-electron chi connectivity index (χ0n) is 20.4. The van der Waals surface area contributed by atoms with Crippen molar-refractivity contribution in [2.75, 3.05) is 49.7 Å². The number of morpholine rings is 1. The van der Waals surface area contributed by atoms with E-state index in [-0.39, 0.29) is 6.10 Å². The van der Waals surface area contributed by atoms with Gasteiger partial charge in [-0.25, -0.2) is 15.0 Å². The van der Waals surface area contributed by atoms with Crippen molar-refractivity contribution in [1.82, 2.24) is 19.9 Å². The van der Waals surface area contributed by atoms with Crippen molar-refractivity contribution in [3.63, 3.8) is 0 Å². The Labute approximate surface area is 206 Å². The Morgan fingerprint density at radius 3 is 2.54 bits per heavy atom. The van der Waals surface area contributed by atoms with Crippen molar-refractivity contribution in [3.05, 3.63) is 42.5 Å². The number of fused-ring (bicyclic) bond motifs is 1. The molecule has 5 rings (SSSR count). The number of hydrogen-bond donors (Lipinski definition) is 1. The molecule has 3 aromatic rings. The van der Waals surface area contributed by atoms with Crippen molar-refractivity contribution in [1.29, 1.82) is 0 Å². The molecule has 1 aromatic carbocycles. The number of ether oxygens (including phenoxy) is 3. The number of aromatic nitrogens is 4. The molecule has 0 radical (unpaired) electrons. The van der Waals surface area contributed by atoms with Crippen LogP contribution in [0.2, 0.25) is 0 Å². The van der Waals surface area contributed by atoms with Crippen LogP contribution in [0.3, 0.4) is 0 Å². The van der Waals surface area contributed by atoms with Gasteiger partial charge < -0.3 is 24.4 Å². The molecule has 0 unspecified atom stereocenters. The fourth-order valence-corrected chi connectivity index (χ4v) is 4.70. The molecule has 0 spiro atoms. The maximum atomic E-state index is 6.53. The van der Waals surface area contributed by atoms with E-state index in [0.717, 1.165) is 93.0 Å². The summed E-state index contributed by atoms with van der Waals surface area (Å²) in [6.45, 7) is 6.66. The highest BCUT2D eigenvalue weighted by Crippen LogP contribution is 2.33. The molecule has 3 heterocycles. The van der Waals surface area contributed by atoms with Crippen molar-refractivity contribution < 1.29 is 14.2 Å². The number of hydrogen-bond acceptors (Lipinski definition) is 9. The summed E-state index contributed by atoms with van der Waals surface area (Å²) in [7, 11) is 0. The first kappa shape index (κ1) is 23.7. The van der Waals surface area contributed by atoms with Gasteiger partial charge in [0.1, 0.15) is 11.3 Å². The summed E-state index contributed by atoms with van der Waals surface area (Å²) in [4.78, 5) is 20.4. The number of nitrogens with one attached hydrogen (secondary N) is 1. The second-order valence-electron chi connectivity index (χ2n) is 9.07. The molecule has 0 amide bonds. The summed E-state index contributed by atoms with van der Waals surface area (Å²) in [5, 5.41) is 3.49. The second kappa shape index (κ2) is 11.6. The van der Waals surface area contributed by atoms with Gasteiger partial charge in [-0.15, -0.1) is 0 Å². The molecule has 2 aliphatic rings. The topological polar surface area (TPSA) is 94.5 Å². The van der Waals surface area contributed by atoms with Crippen molar-refractivity contribution in [2.24, 2.45) is 0 Å². The molecule has 2 aromatic heterocycles. The predicted octanol–water partition coefficient (Wildman–Crippen LogP) is 3.64. The molecule has 1 saturated heterocycles. The minimum atomic E-state index is 0.153. The van der Waals surface area contributed by atoms with Gasteiger partial charge in [0, 0.05) is 62.3 Å². The summed E-state index contributed by atoms with van der Waals surface area (Å²) in [5.74, 6) is 1.51. The van der Waals surface area contributed by atoms with Gasteiger partial charge in [-0.05, 0) is 50.7 Å². The predicted molar refractivity (Wildman–Crippen MR) is 135 cm³/mol. The highest BCUT2D eigenvalue weighted by Gasteiger charge is 2.24. The van der Waals surface area contributed by atoms with Crippen LogP contribution in [0.1, 0.15) is 38.2 Å². The van der Waals surface area contributed by atoms with Gasteiger partial charge in [-0.2, -0.15) is 0 Å². The lowest BCUT2D eigenvalue weighted by Crippen LogP contribution is -2.36. The molecule has 0 atom stereocenters. The van der Waals surface area contributed by atoms with Crippen LogP contribution in [-0.4, -0.2) is 71.6 Å². The van der Waals surface area contributed by atoms with E-state index >= 15 is 0 Å². The summed E-state index contributed by atoms with van der Waals surface area (Å²) >= 11 is 0. The zero-order valence-corrected chi connectivity index (χ0v) is 20.4. The van der Waals surface area contributed by atoms with Crippen LogP contribution in [0.4, 0.5) is 11.6 Å². The van der Waals surface area contributed by atoms with Gasteiger partial charge in [0.15, 0.2) is 0 Å². The first-order valence-corrected chi connectivity index (χ1v) is 12.7. The monoisotopic (exact) mass is 478 g/mol. The lowest BCUT2D eigenvalue weighted by atomic mass is 9.93. The van der Waals surface area contributed by atoms with Crippen LogP contribution < -0.4 is 15.0 Å². The molecule has 1 N–H and O–H groups in total. The Morgan fingerprint density at radius 2 is 1.77 bits per heavy atom. The fraction of sp³-hybridized carbons (Fsp3) is 0.538. The standard InChI is InChI=1S/C26H34N6O3/c1-2-33-12-7-19-17-29-26(30-18-19)31-20-3-5-22(6-4-20)35-24-16-21(32-10-13-34-14-11-32)15-23-25(24)28-9-8-27-23/h8-9,15-18,20,22H,2-7,10-14H2,1H3,(H,29,30,31). The summed E-state index contributed by atoms with van der Waals surface area (Å²) in [6.07, 6.45) is 12.2. The van der Waals surface area contributed by atoms with Crippen LogP contribution in [0.15, 0.2) is 36.9 Å². The zero-order chi connectivity index (χ0) is 23.9. The maximum absolute atomic E-state index is 6.53. The summed E-state index contributed by atoms with van der Waals surface area (Å²) in [5.41, 5.74) is 3.90. The Morgan fingerprint density at radius 1 is 1.00 bits per heavy atom. The van der Waals surface area contributed by atoms with E-state index in [4.69, 9.17) is 14.2 Å². The molecule has 1 aliphatic heterocycles. The van der Waals surface area contributed by atoms with Gasteiger partial charge in [-0.1, -0.05) is 0 Å². The molecule has 9 nitrogen and oxygen atoms in total. The van der Waals surface area contributed by atoms with Gasteiger partial charge in [0.2, 0.25) is 5.95 Å². The summed E-state index contributed by atoms with van der Waals surface area (Å²) in [6, 6.07) is 4.57. The molecule has 0 bridgehead atoms. The fourth-order valence-electron chi connectivity index (χ4n) is 4.70. The van der Waals surface area contributed by atoms with Crippen LogP contribution >= 0.6 is 0 Å². The molecule has 2 fully saturated rings. The second-order valence-corrected chi connectivity index (χ2v) is 9.07. The van der Waals surface area contributed by atoms with E-state index in [2.05, 4.69) is 42.3 Å². The van der Waals surface area contributed by atoms with E-state index < -0.39 is 0 Å². The average molecular weight is 479 g/mol. The quantitative estimate of drug-likeness (QED) is 0.463. The molecule has 1 aliphatic carbocycles. The molecular weight excluding hydrogens is 444 g/mol. The lowest BCUT2D eigenvalue weighted by molar-refractivity contribution is 0.122. The SMILES string of the molecule is CCOCCc1cnc(NC2CCC(Oc3cc(N4CCOCC4)cc4nccnc34)CC2)nc1. The van der Waals surface area contributed by atoms with Gasteiger partial charge in [0.25, 0.3) is 0 Å². The first-order chi connectivity index (χ1) is 17.3. The van der Waals surface area contributed by atoms with Crippen LogP contribution in [-0.2, 0) is 15.9 Å². The first-order valence-electron chi connectivity index (χ1n) is 12.7. The van der Waals surface area contributed by atoms with Crippen LogP contribution in [0, 0.1) is 0 Å². The normalized spacial score (nSPS) is 20.7. The van der Waals surface area contributed by atoms with Crippen molar-refractivity contribution >= 4 is 22.7 Å². The number of rotatable bonds is 9. The van der Waals surface area contributed by atoms with Crippen LogP contribution in [0.5, 0.6) is 5.75 Å². The lowest BCUT2D eigenvalue weighted by Gasteiger charge is -2.31. The number of benzene rings is 1. The largest absolute Gasteiger partial charge is 0.488 e. The number of nitrogens with zero attached hydrogens (tertiary/aromatic N) is 5. The minimum Gasteiger partial charge on any atom is -0.488 e. The average Bonchev–Trinajstić information content (AvgIpc) is 2.91. The van der Waals surface area contributed by atoms with Gasteiger partial charge in [-0.3, -0.25) is 4.98 Å². The molecule has 1 saturated carbocycles. The Bertz CT molecular complexity index is 1080. The van der Waals surface area contributed by atoms with E-state index in [9.17, 15) is 0 Å². The Hall–Kier alpha value is -3.04. The summed E-state index contributed by atoms with van der Waals surface area (Å²) < 4.78 is 17.5. The highest BCUT2D eigenvalue weighted by atomic mass is 16.5. The highest BCUT2D eigenvalue weighted by molar-refractivity contribution is 5.85. The third kappa shape index (κ3) is 6.15.